The van der Waals surface area contributed by atoms with E-state index in [9.17, 15) is 9.18 Å². The third kappa shape index (κ3) is 5.93. The molecule has 1 aliphatic carbocycles. The number of piperidine rings is 1. The van der Waals surface area contributed by atoms with Crippen molar-refractivity contribution in [3.63, 3.8) is 0 Å². The number of aromatic nitrogens is 3. The Hall–Kier alpha value is -3.53. The van der Waals surface area contributed by atoms with E-state index >= 15 is 0 Å². The molecule has 3 aliphatic rings. The van der Waals surface area contributed by atoms with Gasteiger partial charge in [-0.1, -0.05) is 29.8 Å². The Morgan fingerprint density at radius 1 is 1.13 bits per heavy atom. The van der Waals surface area contributed by atoms with E-state index in [1.807, 2.05) is 43.3 Å². The van der Waals surface area contributed by atoms with Crippen LogP contribution in [-0.2, 0) is 28.4 Å². The molecule has 10 heteroatoms. The summed E-state index contributed by atoms with van der Waals surface area (Å²) >= 11 is 6.11. The lowest BCUT2D eigenvalue weighted by Gasteiger charge is -2.44. The normalized spacial score (nSPS) is 23.0. The number of hydrogen-bond acceptors (Lipinski definition) is 7. The van der Waals surface area contributed by atoms with Gasteiger partial charge in [-0.05, 0) is 88.0 Å². The van der Waals surface area contributed by atoms with E-state index in [1.54, 1.807) is 25.3 Å². The van der Waals surface area contributed by atoms with Gasteiger partial charge in [0.2, 0.25) is 0 Å². The number of ether oxygens (including phenoxy) is 3. The average molecular weight is 633 g/mol. The van der Waals surface area contributed by atoms with Crippen molar-refractivity contribution >= 4 is 28.6 Å². The van der Waals surface area contributed by atoms with Gasteiger partial charge >= 0.3 is 5.97 Å². The number of hydrogen-bond donors (Lipinski definition) is 0. The molecule has 8 nitrogen and oxygen atoms in total. The Morgan fingerprint density at radius 3 is 2.64 bits per heavy atom. The first-order valence-corrected chi connectivity index (χ1v) is 16.2. The minimum Gasteiger partial charge on any atom is -0.462 e. The van der Waals surface area contributed by atoms with Gasteiger partial charge < -0.3 is 18.8 Å². The van der Waals surface area contributed by atoms with E-state index in [1.165, 1.54) is 0 Å². The molecule has 0 bridgehead atoms. The van der Waals surface area contributed by atoms with Gasteiger partial charge in [0, 0.05) is 30.6 Å². The van der Waals surface area contributed by atoms with Crippen molar-refractivity contribution in [1.82, 2.24) is 19.4 Å². The lowest BCUT2D eigenvalue weighted by atomic mass is 9.86. The van der Waals surface area contributed by atoms with E-state index in [2.05, 4.69) is 20.5 Å². The van der Waals surface area contributed by atoms with Crippen LogP contribution in [0.15, 0.2) is 60.8 Å². The van der Waals surface area contributed by atoms with Gasteiger partial charge in [0.15, 0.2) is 0 Å². The topological polar surface area (TPSA) is 78.7 Å². The van der Waals surface area contributed by atoms with Gasteiger partial charge in [-0.15, -0.1) is 0 Å². The second-order valence-corrected chi connectivity index (χ2v) is 13.2. The fraction of sp³-hybridized carbons (Fsp3) is 0.457. The maximum atomic E-state index is 14.1. The molecule has 0 amide bonds. The van der Waals surface area contributed by atoms with Gasteiger partial charge in [0.05, 0.1) is 47.5 Å². The first-order valence-electron chi connectivity index (χ1n) is 15.8. The SMILES string of the molecule is CCOC(=O)c1ccc2nc(CN3CCC(C4O[C@](C)(c5ccc(Cl)cn5)Oc5ccccc54)CC3)n(CC3(CF)CC3)c2c1. The highest BCUT2D eigenvalue weighted by molar-refractivity contribution is 6.30. The van der Waals surface area contributed by atoms with Crippen LogP contribution in [0.4, 0.5) is 4.39 Å². The summed E-state index contributed by atoms with van der Waals surface area (Å²) in [6.45, 7) is 6.62. The molecule has 1 unspecified atom stereocenters. The average Bonchev–Trinajstić information content (AvgIpc) is 3.76. The molecule has 2 aromatic carbocycles. The summed E-state index contributed by atoms with van der Waals surface area (Å²) in [5, 5.41) is 0.562. The van der Waals surface area contributed by atoms with Gasteiger partial charge in [-0.3, -0.25) is 14.3 Å². The summed E-state index contributed by atoms with van der Waals surface area (Å²) in [6.07, 6.45) is 5.07. The number of fused-ring (bicyclic) bond motifs is 2. The van der Waals surface area contributed by atoms with E-state index < -0.39 is 5.79 Å². The van der Waals surface area contributed by atoms with Crippen molar-refractivity contribution in [3.05, 3.63) is 88.5 Å². The number of benzene rings is 2. The van der Waals surface area contributed by atoms with Gasteiger partial charge in [0.1, 0.15) is 17.3 Å². The van der Waals surface area contributed by atoms with Crippen molar-refractivity contribution < 1.29 is 23.4 Å². The largest absolute Gasteiger partial charge is 0.462 e. The number of imidazole rings is 1. The van der Waals surface area contributed by atoms with Crippen LogP contribution in [0.1, 0.15) is 73.1 Å². The van der Waals surface area contributed by atoms with Crippen LogP contribution in [0.3, 0.4) is 0 Å². The molecule has 45 heavy (non-hydrogen) atoms. The smallest absolute Gasteiger partial charge is 0.338 e. The van der Waals surface area contributed by atoms with Crippen LogP contribution < -0.4 is 4.74 Å². The lowest BCUT2D eigenvalue weighted by Crippen LogP contribution is -2.43. The van der Waals surface area contributed by atoms with E-state index in [0.717, 1.165) is 66.9 Å². The van der Waals surface area contributed by atoms with Crippen LogP contribution in [0.25, 0.3) is 11.0 Å². The standard InChI is InChI=1S/C35H38ClFN4O4/c1-3-43-33(42)24-8-10-27-28(18-24)41(22-35(21-37)14-15-35)31(39-27)20-40-16-12-23(13-17-40)32-26-6-4-5-7-29(26)44-34(2,45-32)30-11-9-25(36)19-38-30/h4-11,18-19,23,32H,3,12-17,20-22H2,1-2H3/t32?,34-/m1/s1. The summed E-state index contributed by atoms with van der Waals surface area (Å²) in [5.74, 6) is 0.599. The molecule has 0 N–H and O–H groups in total. The highest BCUT2D eigenvalue weighted by atomic mass is 35.5. The number of para-hydroxylation sites is 1. The van der Waals surface area contributed by atoms with Crippen LogP contribution in [-0.4, -0.2) is 51.8 Å². The molecule has 4 aromatic rings. The summed E-state index contributed by atoms with van der Waals surface area (Å²) in [7, 11) is 0. The molecule has 0 radical (unpaired) electrons. The Labute approximate surface area is 267 Å². The summed E-state index contributed by atoms with van der Waals surface area (Å²) in [4.78, 5) is 24.4. The number of pyridine rings is 1. The van der Waals surface area contributed by atoms with Gasteiger partial charge in [-0.2, -0.15) is 0 Å². The number of rotatable bonds is 9. The molecule has 1 saturated carbocycles. The monoisotopic (exact) mass is 632 g/mol. The molecule has 4 heterocycles. The molecule has 2 fully saturated rings. The Morgan fingerprint density at radius 2 is 1.93 bits per heavy atom. The van der Waals surface area contributed by atoms with Crippen molar-refractivity contribution in [2.24, 2.45) is 11.3 Å². The molecule has 7 rings (SSSR count). The molecule has 236 valence electrons. The van der Waals surface area contributed by atoms with Crippen molar-refractivity contribution in [1.29, 1.82) is 0 Å². The zero-order valence-corrected chi connectivity index (χ0v) is 26.4. The number of carbonyl (C=O) groups is 1. The predicted octanol–water partition coefficient (Wildman–Crippen LogP) is 7.25. The van der Waals surface area contributed by atoms with Crippen LogP contribution in [0.5, 0.6) is 5.75 Å². The molecule has 0 spiro atoms. The summed E-state index contributed by atoms with van der Waals surface area (Å²) < 4.78 is 34.6. The van der Waals surface area contributed by atoms with Crippen molar-refractivity contribution in [3.8, 4) is 5.75 Å². The number of esters is 1. The maximum absolute atomic E-state index is 14.1. The Balaban J connectivity index is 1.11. The van der Waals surface area contributed by atoms with Crippen molar-refractivity contribution in [2.75, 3.05) is 26.4 Å². The first-order chi connectivity index (χ1) is 21.8. The zero-order valence-electron chi connectivity index (χ0n) is 25.7. The Kier molecular flexibility index (Phi) is 8.04. The third-order valence-electron chi connectivity index (χ3n) is 9.57. The third-order valence-corrected chi connectivity index (χ3v) is 9.80. The number of alkyl halides is 1. The second kappa shape index (κ2) is 12.0. The highest BCUT2D eigenvalue weighted by Gasteiger charge is 2.45. The van der Waals surface area contributed by atoms with Crippen LogP contribution in [0, 0.1) is 11.3 Å². The number of likely N-dealkylation sites (tertiary alicyclic amines) is 1. The number of halogens is 2. The van der Waals surface area contributed by atoms with E-state index in [0.29, 0.717) is 36.0 Å². The molecule has 2 aliphatic heterocycles. The second-order valence-electron chi connectivity index (χ2n) is 12.8. The van der Waals surface area contributed by atoms with Gasteiger partial charge in [0.25, 0.3) is 5.79 Å². The first kappa shape index (κ1) is 30.1. The fourth-order valence-corrected chi connectivity index (χ4v) is 6.84. The molecule has 2 atom stereocenters. The number of nitrogens with zero attached hydrogens (tertiary/aromatic N) is 4. The highest BCUT2D eigenvalue weighted by Crippen LogP contribution is 2.49. The minimum absolute atomic E-state index is 0.148. The molecule has 1 saturated heterocycles. The predicted molar refractivity (Wildman–Crippen MR) is 169 cm³/mol. The van der Waals surface area contributed by atoms with Gasteiger partial charge in [-0.25, -0.2) is 9.78 Å². The summed E-state index contributed by atoms with van der Waals surface area (Å²) in [5.41, 5.74) is 3.55. The zero-order chi connectivity index (χ0) is 31.2. The lowest BCUT2D eigenvalue weighted by molar-refractivity contribution is -0.244. The fourth-order valence-electron chi connectivity index (χ4n) is 6.73. The molecular formula is C35H38ClFN4O4. The van der Waals surface area contributed by atoms with E-state index in [-0.39, 0.29) is 30.1 Å². The van der Waals surface area contributed by atoms with Crippen molar-refractivity contribution in [2.45, 2.75) is 64.5 Å². The Bertz CT molecular complexity index is 1700. The molecule has 2 aromatic heterocycles. The minimum atomic E-state index is -1.04. The summed E-state index contributed by atoms with van der Waals surface area (Å²) in [6, 6.07) is 17.2. The quantitative estimate of drug-likeness (QED) is 0.180. The van der Waals surface area contributed by atoms with Crippen LogP contribution in [0.2, 0.25) is 5.02 Å². The van der Waals surface area contributed by atoms with Crippen LogP contribution >= 0.6 is 11.6 Å². The maximum Gasteiger partial charge on any atom is 0.338 e. The number of carbonyl (C=O) groups excluding carboxylic acids is 1. The molecular weight excluding hydrogens is 595 g/mol. The van der Waals surface area contributed by atoms with E-state index in [4.69, 9.17) is 30.8 Å².